The number of nitrogens with one attached hydrogen (secondary N) is 1. The lowest BCUT2D eigenvalue weighted by Gasteiger charge is -2.18. The number of hydrogen-bond donors (Lipinski definition) is 1. The maximum Gasteiger partial charge on any atom is 0.251 e. The van der Waals surface area contributed by atoms with Gasteiger partial charge in [-0.3, -0.25) is 4.79 Å². The van der Waals surface area contributed by atoms with Crippen LogP contribution < -0.4 is 5.56 Å². The van der Waals surface area contributed by atoms with Gasteiger partial charge in [-0.25, -0.2) is 9.37 Å². The molecule has 0 spiro atoms. The third-order valence-electron chi connectivity index (χ3n) is 3.00. The molecule has 1 aromatic heterocycles. The van der Waals surface area contributed by atoms with Crippen molar-refractivity contribution < 1.29 is 4.39 Å². The fourth-order valence-corrected chi connectivity index (χ4v) is 1.84. The van der Waals surface area contributed by atoms with E-state index in [1.807, 2.05) is 20.8 Å². The van der Waals surface area contributed by atoms with E-state index in [0.717, 1.165) is 0 Å². The number of nitrogens with zero attached hydrogens (tertiary/aromatic N) is 1. The summed E-state index contributed by atoms with van der Waals surface area (Å²) in [5.41, 5.74) is 1.16. The van der Waals surface area contributed by atoms with E-state index in [0.29, 0.717) is 22.6 Å². The maximum absolute atomic E-state index is 13.6. The van der Waals surface area contributed by atoms with Gasteiger partial charge in [-0.15, -0.1) is 0 Å². The summed E-state index contributed by atoms with van der Waals surface area (Å²) < 4.78 is 13.6. The second-order valence-corrected chi connectivity index (χ2v) is 5.64. The number of rotatable bonds is 1. The molecule has 100 valence electrons. The first kappa shape index (κ1) is 13.5. The Morgan fingerprint density at radius 3 is 2.58 bits per heavy atom. The van der Waals surface area contributed by atoms with Crippen LogP contribution in [0.4, 0.5) is 4.39 Å². The summed E-state index contributed by atoms with van der Waals surface area (Å²) in [5.74, 6) is 0.301. The van der Waals surface area contributed by atoms with Crippen molar-refractivity contribution in [1.29, 1.82) is 0 Å². The van der Waals surface area contributed by atoms with Gasteiger partial charge in [0.05, 0.1) is 5.69 Å². The Hall–Kier alpha value is -1.97. The van der Waals surface area contributed by atoms with Crippen LogP contribution in [-0.4, -0.2) is 9.97 Å². The van der Waals surface area contributed by atoms with E-state index in [9.17, 15) is 9.18 Å². The highest BCUT2D eigenvalue weighted by atomic mass is 19.1. The number of halogens is 1. The third-order valence-corrected chi connectivity index (χ3v) is 3.00. The minimum Gasteiger partial charge on any atom is -0.310 e. The molecule has 2 aromatic rings. The van der Waals surface area contributed by atoms with Crippen LogP contribution >= 0.6 is 0 Å². The Kier molecular flexibility index (Phi) is 3.27. The first-order chi connectivity index (χ1) is 8.79. The predicted octanol–water partition coefficient (Wildman–Crippen LogP) is 3.18. The van der Waals surface area contributed by atoms with Gasteiger partial charge in [-0.1, -0.05) is 32.9 Å². The lowest BCUT2D eigenvalue weighted by atomic mass is 9.95. The topological polar surface area (TPSA) is 45.8 Å². The minimum atomic E-state index is -0.295. The SMILES string of the molecule is Cc1c(F)cccc1-c1cc(=O)[nH]c(C(C)(C)C)n1. The molecule has 4 heteroatoms. The highest BCUT2D eigenvalue weighted by molar-refractivity contribution is 5.63. The highest BCUT2D eigenvalue weighted by Crippen LogP contribution is 2.24. The van der Waals surface area contributed by atoms with E-state index < -0.39 is 0 Å². The van der Waals surface area contributed by atoms with Crippen LogP contribution in [0.2, 0.25) is 0 Å². The molecule has 1 N–H and O–H groups in total. The summed E-state index contributed by atoms with van der Waals surface area (Å²) in [6, 6.07) is 6.19. The van der Waals surface area contributed by atoms with Crippen LogP contribution in [0.1, 0.15) is 32.2 Å². The second kappa shape index (κ2) is 4.61. The molecule has 0 aliphatic rings. The van der Waals surface area contributed by atoms with E-state index >= 15 is 0 Å². The molecule has 0 unspecified atom stereocenters. The van der Waals surface area contributed by atoms with Gasteiger partial charge in [0.25, 0.3) is 5.56 Å². The quantitative estimate of drug-likeness (QED) is 0.856. The molecule has 3 nitrogen and oxygen atoms in total. The molecule has 0 bridgehead atoms. The molecule has 2 rings (SSSR count). The molecule has 1 heterocycles. The van der Waals surface area contributed by atoms with Gasteiger partial charge in [-0.2, -0.15) is 0 Å². The van der Waals surface area contributed by atoms with Crippen molar-refractivity contribution in [2.45, 2.75) is 33.1 Å². The average molecular weight is 260 g/mol. The smallest absolute Gasteiger partial charge is 0.251 e. The Morgan fingerprint density at radius 1 is 1.26 bits per heavy atom. The highest BCUT2D eigenvalue weighted by Gasteiger charge is 2.18. The van der Waals surface area contributed by atoms with E-state index in [-0.39, 0.29) is 16.8 Å². The molecule has 0 saturated carbocycles. The van der Waals surface area contributed by atoms with Crippen LogP contribution in [0, 0.1) is 12.7 Å². The van der Waals surface area contributed by atoms with Crippen molar-refractivity contribution in [3.63, 3.8) is 0 Å². The first-order valence-electron chi connectivity index (χ1n) is 6.16. The van der Waals surface area contributed by atoms with Gasteiger partial charge >= 0.3 is 0 Å². The fourth-order valence-electron chi connectivity index (χ4n) is 1.84. The van der Waals surface area contributed by atoms with Crippen molar-refractivity contribution in [2.75, 3.05) is 0 Å². The van der Waals surface area contributed by atoms with Gasteiger partial charge in [0, 0.05) is 17.0 Å². The number of aromatic nitrogens is 2. The summed E-state index contributed by atoms with van der Waals surface area (Å²) in [4.78, 5) is 18.9. The maximum atomic E-state index is 13.6. The number of H-pyrrole nitrogens is 1. The predicted molar refractivity (Wildman–Crippen MR) is 73.7 cm³/mol. The van der Waals surface area contributed by atoms with Crippen molar-refractivity contribution in [3.05, 3.63) is 51.8 Å². The van der Waals surface area contributed by atoms with Crippen LogP contribution in [0.15, 0.2) is 29.1 Å². The van der Waals surface area contributed by atoms with Gasteiger partial charge < -0.3 is 4.98 Å². The Morgan fingerprint density at radius 2 is 1.95 bits per heavy atom. The van der Waals surface area contributed by atoms with Gasteiger partial charge in [0.15, 0.2) is 0 Å². The number of aromatic amines is 1. The van der Waals surface area contributed by atoms with Crippen LogP contribution in [0.5, 0.6) is 0 Å². The summed E-state index contributed by atoms with van der Waals surface area (Å²) in [6.07, 6.45) is 0. The second-order valence-electron chi connectivity index (χ2n) is 5.64. The summed E-state index contributed by atoms with van der Waals surface area (Å²) in [7, 11) is 0. The van der Waals surface area contributed by atoms with Crippen molar-refractivity contribution in [2.24, 2.45) is 0 Å². The Balaban J connectivity index is 2.67. The van der Waals surface area contributed by atoms with E-state index in [1.54, 1.807) is 19.1 Å². The zero-order valence-electron chi connectivity index (χ0n) is 11.5. The van der Waals surface area contributed by atoms with E-state index in [1.165, 1.54) is 12.1 Å². The largest absolute Gasteiger partial charge is 0.310 e. The minimum absolute atomic E-state index is 0.224. The zero-order chi connectivity index (χ0) is 14.2. The molecular weight excluding hydrogens is 243 g/mol. The first-order valence-corrected chi connectivity index (χ1v) is 6.16. The van der Waals surface area contributed by atoms with Crippen molar-refractivity contribution in [3.8, 4) is 11.3 Å². The summed E-state index contributed by atoms with van der Waals surface area (Å²) in [5, 5.41) is 0. The van der Waals surface area contributed by atoms with Crippen molar-refractivity contribution in [1.82, 2.24) is 9.97 Å². The lowest BCUT2D eigenvalue weighted by molar-refractivity contribution is 0.543. The molecule has 1 aromatic carbocycles. The number of benzene rings is 1. The molecule has 0 aliphatic carbocycles. The monoisotopic (exact) mass is 260 g/mol. The standard InChI is InChI=1S/C15H17FN2O/c1-9-10(6-5-7-11(9)16)12-8-13(19)18-14(17-12)15(2,3)4/h5-8H,1-4H3,(H,17,18,19). The van der Waals surface area contributed by atoms with E-state index in [2.05, 4.69) is 9.97 Å². The van der Waals surface area contributed by atoms with Crippen molar-refractivity contribution >= 4 is 0 Å². The Bertz CT molecular complexity index is 669. The molecule has 0 atom stereocenters. The van der Waals surface area contributed by atoms with Gasteiger partial charge in [0.1, 0.15) is 11.6 Å². The Labute approximate surface area is 111 Å². The van der Waals surface area contributed by atoms with Crippen LogP contribution in [0.3, 0.4) is 0 Å². The van der Waals surface area contributed by atoms with E-state index in [4.69, 9.17) is 0 Å². The average Bonchev–Trinajstić information content (AvgIpc) is 2.31. The van der Waals surface area contributed by atoms with Crippen LogP contribution in [0.25, 0.3) is 11.3 Å². The fraction of sp³-hybridized carbons (Fsp3) is 0.333. The summed E-state index contributed by atoms with van der Waals surface area (Å²) in [6.45, 7) is 7.58. The molecule has 19 heavy (non-hydrogen) atoms. The van der Waals surface area contributed by atoms with Gasteiger partial charge in [0.2, 0.25) is 0 Å². The van der Waals surface area contributed by atoms with Crippen LogP contribution in [-0.2, 0) is 5.41 Å². The van der Waals surface area contributed by atoms with Gasteiger partial charge in [-0.05, 0) is 18.6 Å². The molecule has 0 saturated heterocycles. The zero-order valence-corrected chi connectivity index (χ0v) is 11.5. The molecule has 0 amide bonds. The molecule has 0 fully saturated rings. The lowest BCUT2D eigenvalue weighted by Crippen LogP contribution is -2.22. The third kappa shape index (κ3) is 2.72. The summed E-state index contributed by atoms with van der Waals surface area (Å²) >= 11 is 0. The molecule has 0 radical (unpaired) electrons. The molecular formula is C15H17FN2O. The normalized spacial score (nSPS) is 11.6. The number of hydrogen-bond acceptors (Lipinski definition) is 2. The molecule has 0 aliphatic heterocycles.